The third-order valence-corrected chi connectivity index (χ3v) is 8.43. The van der Waals surface area contributed by atoms with E-state index in [2.05, 4.69) is 14.9 Å². The van der Waals surface area contributed by atoms with E-state index in [0.29, 0.717) is 19.0 Å². The summed E-state index contributed by atoms with van der Waals surface area (Å²) in [6.07, 6.45) is 8.61. The molecule has 1 spiro atoms. The van der Waals surface area contributed by atoms with Crippen LogP contribution in [0.3, 0.4) is 0 Å². The fraction of sp³-hybridized carbons (Fsp3) is 0.824. The van der Waals surface area contributed by atoms with Crippen LogP contribution in [0.4, 0.5) is 0 Å². The van der Waals surface area contributed by atoms with Crippen molar-refractivity contribution >= 4 is 10.0 Å². The molecule has 4 rings (SSSR count). The molecule has 3 heterocycles. The van der Waals surface area contributed by atoms with Crippen LogP contribution in [-0.2, 0) is 14.8 Å². The van der Waals surface area contributed by atoms with Gasteiger partial charge in [-0.05, 0) is 31.1 Å². The minimum atomic E-state index is -3.45. The number of rotatable bonds is 5. The molecular weight excluding hydrogens is 340 g/mol. The summed E-state index contributed by atoms with van der Waals surface area (Å²) in [5.74, 6) is 0.509. The fourth-order valence-corrected chi connectivity index (χ4v) is 6.13. The van der Waals surface area contributed by atoms with Gasteiger partial charge in [0.25, 0.3) is 10.0 Å². The lowest BCUT2D eigenvalue weighted by Gasteiger charge is -2.42. The highest BCUT2D eigenvalue weighted by atomic mass is 32.2. The molecule has 3 fully saturated rings. The van der Waals surface area contributed by atoms with Gasteiger partial charge in [-0.25, -0.2) is 13.4 Å². The third-order valence-electron chi connectivity index (χ3n) is 6.61. The molecule has 0 aromatic carbocycles. The maximum Gasteiger partial charge on any atom is 0.260 e. The second kappa shape index (κ2) is 6.64. The van der Waals surface area contributed by atoms with Crippen molar-refractivity contribution < 1.29 is 13.2 Å². The molecule has 1 aliphatic carbocycles. The van der Waals surface area contributed by atoms with Crippen LogP contribution in [0.2, 0.25) is 0 Å². The number of hydrogen-bond donors (Lipinski definition) is 1. The molecule has 0 radical (unpaired) electrons. The lowest BCUT2D eigenvalue weighted by atomic mass is 9.71. The predicted molar refractivity (Wildman–Crippen MR) is 93.6 cm³/mol. The van der Waals surface area contributed by atoms with Crippen molar-refractivity contribution in [1.29, 1.82) is 0 Å². The molecule has 1 atom stereocenters. The SMILES string of the molecule is COCC1CN(C2CCC2)CC12CCN(S(=O)(=O)c1cnc[nH]1)CC2. The number of piperidine rings is 1. The summed E-state index contributed by atoms with van der Waals surface area (Å²) < 4.78 is 32.5. The number of H-pyrrole nitrogens is 1. The number of imidazole rings is 1. The van der Waals surface area contributed by atoms with Crippen molar-refractivity contribution in [1.82, 2.24) is 19.2 Å². The minimum Gasteiger partial charge on any atom is -0.384 e. The van der Waals surface area contributed by atoms with Crippen molar-refractivity contribution in [3.63, 3.8) is 0 Å². The first-order valence-electron chi connectivity index (χ1n) is 9.27. The van der Waals surface area contributed by atoms with Crippen LogP contribution in [0.5, 0.6) is 0 Å². The van der Waals surface area contributed by atoms with Crippen LogP contribution >= 0.6 is 0 Å². The van der Waals surface area contributed by atoms with Crippen LogP contribution in [0.1, 0.15) is 32.1 Å². The Kier molecular flexibility index (Phi) is 4.64. The van der Waals surface area contributed by atoms with Gasteiger partial charge < -0.3 is 9.72 Å². The standard InChI is InChI=1S/C17H28N4O3S/c1-24-11-14-10-20(15-3-2-4-15)12-17(14)5-7-21(8-6-17)25(22,23)16-9-18-13-19-16/h9,13-15H,2-8,10-12H2,1H3,(H,18,19). The molecule has 1 unspecified atom stereocenters. The number of methoxy groups -OCH3 is 1. The molecule has 25 heavy (non-hydrogen) atoms. The molecule has 1 N–H and O–H groups in total. The Bertz CT molecular complexity index is 679. The molecule has 2 saturated heterocycles. The second-order valence-electron chi connectivity index (χ2n) is 7.85. The number of hydrogen-bond acceptors (Lipinski definition) is 5. The third kappa shape index (κ3) is 3.03. The van der Waals surface area contributed by atoms with Crippen molar-refractivity contribution in [3.05, 3.63) is 12.5 Å². The van der Waals surface area contributed by atoms with Crippen LogP contribution < -0.4 is 0 Å². The van der Waals surface area contributed by atoms with Gasteiger partial charge in [-0.15, -0.1) is 0 Å². The molecule has 1 aromatic rings. The van der Waals surface area contributed by atoms with Crippen LogP contribution in [0.15, 0.2) is 17.6 Å². The van der Waals surface area contributed by atoms with Crippen molar-refractivity contribution in [2.45, 2.75) is 43.2 Å². The Hall–Kier alpha value is -0.960. The summed E-state index contributed by atoms with van der Waals surface area (Å²) >= 11 is 0. The van der Waals surface area contributed by atoms with E-state index in [1.54, 1.807) is 11.4 Å². The van der Waals surface area contributed by atoms with E-state index in [-0.39, 0.29) is 10.4 Å². The largest absolute Gasteiger partial charge is 0.384 e. The van der Waals surface area contributed by atoms with Gasteiger partial charge in [0.2, 0.25) is 0 Å². The van der Waals surface area contributed by atoms with E-state index in [1.807, 2.05) is 0 Å². The molecular formula is C17H28N4O3S. The summed E-state index contributed by atoms with van der Waals surface area (Å²) in [5.41, 5.74) is 0.200. The van der Waals surface area contributed by atoms with E-state index >= 15 is 0 Å². The number of likely N-dealkylation sites (tertiary alicyclic amines) is 1. The maximum absolute atomic E-state index is 12.7. The quantitative estimate of drug-likeness (QED) is 0.848. The van der Waals surface area contributed by atoms with E-state index in [0.717, 1.165) is 38.6 Å². The van der Waals surface area contributed by atoms with Crippen molar-refractivity contribution in [3.8, 4) is 0 Å². The molecule has 1 aromatic heterocycles. The van der Waals surface area contributed by atoms with Gasteiger partial charge in [0.05, 0.1) is 19.1 Å². The number of nitrogens with zero attached hydrogens (tertiary/aromatic N) is 3. The summed E-state index contributed by atoms with van der Waals surface area (Å²) in [6, 6.07) is 0.741. The highest BCUT2D eigenvalue weighted by Crippen LogP contribution is 2.47. The zero-order valence-corrected chi connectivity index (χ0v) is 15.7. The van der Waals surface area contributed by atoms with Crippen LogP contribution in [0, 0.1) is 11.3 Å². The molecule has 140 valence electrons. The average Bonchev–Trinajstić information content (AvgIpc) is 3.17. The number of sulfonamides is 1. The molecule has 1 saturated carbocycles. The van der Waals surface area contributed by atoms with Crippen LogP contribution in [0.25, 0.3) is 0 Å². The first kappa shape index (κ1) is 17.5. The Balaban J connectivity index is 1.47. The highest BCUT2D eigenvalue weighted by Gasteiger charge is 2.50. The first-order valence-corrected chi connectivity index (χ1v) is 10.7. The van der Waals surface area contributed by atoms with E-state index in [4.69, 9.17) is 4.74 Å². The lowest BCUT2D eigenvalue weighted by molar-refractivity contribution is 0.0556. The second-order valence-corrected chi connectivity index (χ2v) is 9.76. The smallest absolute Gasteiger partial charge is 0.260 e. The van der Waals surface area contributed by atoms with Gasteiger partial charge in [0, 0.05) is 45.2 Å². The fourth-order valence-electron chi connectivity index (χ4n) is 4.80. The first-order chi connectivity index (χ1) is 12.0. The Morgan fingerprint density at radius 1 is 1.36 bits per heavy atom. The zero-order chi connectivity index (χ0) is 17.5. The summed E-state index contributed by atoms with van der Waals surface area (Å²) in [7, 11) is -1.67. The zero-order valence-electron chi connectivity index (χ0n) is 14.9. The van der Waals surface area contributed by atoms with Gasteiger partial charge in [0.15, 0.2) is 5.03 Å². The number of aromatic amines is 1. The minimum absolute atomic E-state index is 0.194. The molecule has 2 aliphatic heterocycles. The summed E-state index contributed by atoms with van der Waals surface area (Å²) in [5, 5.41) is 0.194. The van der Waals surface area contributed by atoms with Gasteiger partial charge >= 0.3 is 0 Å². The van der Waals surface area contributed by atoms with E-state index < -0.39 is 10.0 Å². The number of nitrogens with one attached hydrogen (secondary N) is 1. The molecule has 0 amide bonds. The maximum atomic E-state index is 12.7. The van der Waals surface area contributed by atoms with Gasteiger partial charge in [-0.3, -0.25) is 4.90 Å². The Morgan fingerprint density at radius 3 is 2.68 bits per heavy atom. The van der Waals surface area contributed by atoms with E-state index in [9.17, 15) is 8.42 Å². The van der Waals surface area contributed by atoms with Gasteiger partial charge in [-0.1, -0.05) is 6.42 Å². The average molecular weight is 369 g/mol. The van der Waals surface area contributed by atoms with Crippen molar-refractivity contribution in [2.75, 3.05) is 39.9 Å². The normalized spacial score (nSPS) is 28.4. The predicted octanol–water partition coefficient (Wildman–Crippen LogP) is 1.31. The highest BCUT2D eigenvalue weighted by molar-refractivity contribution is 7.89. The summed E-state index contributed by atoms with van der Waals surface area (Å²) in [4.78, 5) is 9.23. The van der Waals surface area contributed by atoms with Crippen molar-refractivity contribution in [2.24, 2.45) is 11.3 Å². The molecule has 8 heteroatoms. The van der Waals surface area contributed by atoms with Crippen LogP contribution in [-0.4, -0.2) is 73.5 Å². The lowest BCUT2D eigenvalue weighted by Crippen LogP contribution is -2.47. The van der Waals surface area contributed by atoms with E-state index in [1.165, 1.54) is 31.8 Å². The van der Waals surface area contributed by atoms with Gasteiger partial charge in [0.1, 0.15) is 0 Å². The Morgan fingerprint density at radius 2 is 2.12 bits per heavy atom. The van der Waals surface area contributed by atoms with Gasteiger partial charge in [-0.2, -0.15) is 4.31 Å². The number of ether oxygens (including phenoxy) is 1. The Labute approximate surface area is 149 Å². The topological polar surface area (TPSA) is 78.5 Å². The molecule has 3 aliphatic rings. The molecule has 7 nitrogen and oxygen atoms in total. The monoisotopic (exact) mass is 368 g/mol. The molecule has 0 bridgehead atoms. The summed E-state index contributed by atoms with van der Waals surface area (Å²) in [6.45, 7) is 4.14. The number of aromatic nitrogens is 2.